The van der Waals surface area contributed by atoms with Crippen LogP contribution >= 0.6 is 0 Å². The number of aliphatic hydroxyl groups excluding tert-OH is 1. The summed E-state index contributed by atoms with van der Waals surface area (Å²) in [6.07, 6.45) is 1.51. The fourth-order valence-corrected chi connectivity index (χ4v) is 1.52. The van der Waals surface area contributed by atoms with Crippen molar-refractivity contribution in [2.45, 2.75) is 6.61 Å². The third-order valence-corrected chi connectivity index (χ3v) is 2.49. The molecule has 4 nitrogen and oxygen atoms in total. The van der Waals surface area contributed by atoms with Crippen LogP contribution in [0.4, 0.5) is 0 Å². The van der Waals surface area contributed by atoms with Gasteiger partial charge in [0, 0.05) is 12.6 Å². The van der Waals surface area contributed by atoms with E-state index in [0.29, 0.717) is 17.1 Å². The minimum Gasteiger partial charge on any atom is -0.390 e. The van der Waals surface area contributed by atoms with Crippen molar-refractivity contribution >= 4 is 5.78 Å². The summed E-state index contributed by atoms with van der Waals surface area (Å²) in [5.74, 6) is 0.207. The minimum atomic E-state index is -0.136. The fourth-order valence-electron chi connectivity index (χ4n) is 1.52. The predicted molar refractivity (Wildman–Crippen MR) is 59.0 cm³/mol. The maximum absolute atomic E-state index is 12.0. The Balaban J connectivity index is 2.38. The maximum atomic E-state index is 12.0. The molecule has 4 heteroatoms. The fraction of sp³-hybridized carbons (Fsp3) is 0.167. The number of ketones is 1. The third kappa shape index (κ3) is 1.75. The second kappa shape index (κ2) is 4.28. The quantitative estimate of drug-likeness (QED) is 0.783. The van der Waals surface area contributed by atoms with Crippen LogP contribution in [0.3, 0.4) is 0 Å². The molecule has 0 radical (unpaired) electrons. The first kappa shape index (κ1) is 10.6. The van der Waals surface area contributed by atoms with Gasteiger partial charge in [0.15, 0.2) is 5.82 Å². The highest BCUT2D eigenvalue weighted by molar-refractivity contribution is 6.06. The van der Waals surface area contributed by atoms with E-state index in [1.807, 2.05) is 18.2 Å². The van der Waals surface area contributed by atoms with Crippen LogP contribution in [-0.4, -0.2) is 20.4 Å². The Morgan fingerprint density at radius 2 is 2.06 bits per heavy atom. The van der Waals surface area contributed by atoms with E-state index in [9.17, 15) is 4.79 Å². The Morgan fingerprint density at radius 1 is 1.38 bits per heavy atom. The third-order valence-electron chi connectivity index (χ3n) is 2.49. The highest BCUT2D eigenvalue weighted by Gasteiger charge is 2.15. The lowest BCUT2D eigenvalue weighted by atomic mass is 10.1. The van der Waals surface area contributed by atoms with Gasteiger partial charge in [0.2, 0.25) is 5.78 Å². The van der Waals surface area contributed by atoms with Crippen molar-refractivity contribution in [3.63, 3.8) is 0 Å². The van der Waals surface area contributed by atoms with Crippen LogP contribution in [0.15, 0.2) is 36.5 Å². The van der Waals surface area contributed by atoms with Crippen LogP contribution in [-0.2, 0) is 13.7 Å². The number of nitrogens with zero attached hydrogens (tertiary/aromatic N) is 2. The molecule has 0 aliphatic carbocycles. The van der Waals surface area contributed by atoms with E-state index in [1.54, 1.807) is 23.7 Å². The number of aromatic nitrogens is 2. The van der Waals surface area contributed by atoms with Crippen LogP contribution < -0.4 is 0 Å². The molecule has 16 heavy (non-hydrogen) atoms. The van der Waals surface area contributed by atoms with Gasteiger partial charge in [0.05, 0.1) is 18.5 Å². The van der Waals surface area contributed by atoms with Crippen molar-refractivity contribution < 1.29 is 9.90 Å². The number of imidazole rings is 1. The Hall–Kier alpha value is -1.94. The zero-order valence-electron chi connectivity index (χ0n) is 8.92. The zero-order valence-corrected chi connectivity index (χ0v) is 8.92. The van der Waals surface area contributed by atoms with Crippen molar-refractivity contribution in [2.75, 3.05) is 0 Å². The lowest BCUT2D eigenvalue weighted by Gasteiger charge is -2.03. The molecule has 0 aliphatic rings. The van der Waals surface area contributed by atoms with E-state index < -0.39 is 0 Å². The molecule has 0 unspecified atom stereocenters. The number of hydrogen-bond donors (Lipinski definition) is 1. The molecule has 2 rings (SSSR count). The van der Waals surface area contributed by atoms with Gasteiger partial charge < -0.3 is 9.67 Å². The molecular formula is C12H12N2O2. The van der Waals surface area contributed by atoms with E-state index in [0.717, 1.165) is 0 Å². The Labute approximate surface area is 93.2 Å². The SMILES string of the molecule is Cn1c(CO)cnc1C(=O)c1ccccc1. The predicted octanol–water partition coefficient (Wildman–Crippen LogP) is 1.14. The Bertz CT molecular complexity index is 503. The highest BCUT2D eigenvalue weighted by Crippen LogP contribution is 2.09. The van der Waals surface area contributed by atoms with Crippen molar-refractivity contribution in [1.29, 1.82) is 0 Å². The molecular weight excluding hydrogens is 204 g/mol. The second-order valence-corrected chi connectivity index (χ2v) is 3.49. The first-order valence-electron chi connectivity index (χ1n) is 4.95. The molecule has 2 aromatic rings. The van der Waals surface area contributed by atoms with Gasteiger partial charge in [-0.05, 0) is 0 Å². The number of aliphatic hydroxyl groups is 1. The van der Waals surface area contributed by atoms with Gasteiger partial charge in [-0.1, -0.05) is 30.3 Å². The molecule has 0 fully saturated rings. The topological polar surface area (TPSA) is 55.1 Å². The summed E-state index contributed by atoms with van der Waals surface area (Å²) in [7, 11) is 1.72. The van der Waals surface area contributed by atoms with E-state index in [1.165, 1.54) is 6.20 Å². The van der Waals surface area contributed by atoms with Gasteiger partial charge in [0.1, 0.15) is 0 Å². The largest absolute Gasteiger partial charge is 0.390 e. The lowest BCUT2D eigenvalue weighted by Crippen LogP contribution is -2.10. The highest BCUT2D eigenvalue weighted by atomic mass is 16.3. The number of benzene rings is 1. The van der Waals surface area contributed by atoms with Crippen LogP contribution in [0.25, 0.3) is 0 Å². The average Bonchev–Trinajstić information content (AvgIpc) is 2.70. The molecule has 1 aromatic heterocycles. The molecule has 0 aliphatic heterocycles. The Kier molecular flexibility index (Phi) is 2.83. The molecule has 0 atom stereocenters. The lowest BCUT2D eigenvalue weighted by molar-refractivity contribution is 0.102. The van der Waals surface area contributed by atoms with Crippen molar-refractivity contribution in [1.82, 2.24) is 9.55 Å². The summed E-state index contributed by atoms with van der Waals surface area (Å²) in [5.41, 5.74) is 1.22. The van der Waals surface area contributed by atoms with Gasteiger partial charge in [-0.2, -0.15) is 0 Å². The van der Waals surface area contributed by atoms with E-state index in [2.05, 4.69) is 4.98 Å². The Morgan fingerprint density at radius 3 is 2.62 bits per heavy atom. The molecule has 0 bridgehead atoms. The summed E-state index contributed by atoms with van der Waals surface area (Å²) in [6.45, 7) is -0.119. The monoisotopic (exact) mass is 216 g/mol. The standard InChI is InChI=1S/C12H12N2O2/c1-14-10(8-15)7-13-12(14)11(16)9-5-3-2-4-6-9/h2-7,15H,8H2,1H3. The van der Waals surface area contributed by atoms with E-state index in [-0.39, 0.29) is 12.4 Å². The summed E-state index contributed by atoms with van der Waals surface area (Å²) < 4.78 is 1.61. The number of rotatable bonds is 3. The van der Waals surface area contributed by atoms with Crippen LogP contribution in [0, 0.1) is 0 Å². The molecule has 1 heterocycles. The molecule has 1 aromatic carbocycles. The summed E-state index contributed by atoms with van der Waals surface area (Å²) in [6, 6.07) is 8.96. The summed E-state index contributed by atoms with van der Waals surface area (Å²) in [4.78, 5) is 16.0. The molecule has 82 valence electrons. The molecule has 0 saturated carbocycles. The van der Waals surface area contributed by atoms with Crippen molar-refractivity contribution in [3.05, 3.63) is 53.6 Å². The molecule has 0 amide bonds. The van der Waals surface area contributed by atoms with Gasteiger partial charge in [-0.3, -0.25) is 4.79 Å². The maximum Gasteiger partial charge on any atom is 0.228 e. The van der Waals surface area contributed by atoms with E-state index in [4.69, 9.17) is 5.11 Å². The normalized spacial score (nSPS) is 10.4. The molecule has 0 saturated heterocycles. The number of carbonyl (C=O) groups is 1. The smallest absolute Gasteiger partial charge is 0.228 e. The van der Waals surface area contributed by atoms with Gasteiger partial charge >= 0.3 is 0 Å². The van der Waals surface area contributed by atoms with Crippen molar-refractivity contribution in [3.8, 4) is 0 Å². The van der Waals surface area contributed by atoms with Gasteiger partial charge in [-0.25, -0.2) is 4.98 Å². The second-order valence-electron chi connectivity index (χ2n) is 3.49. The average molecular weight is 216 g/mol. The van der Waals surface area contributed by atoms with Crippen LogP contribution in [0.2, 0.25) is 0 Å². The summed E-state index contributed by atoms with van der Waals surface area (Å²) in [5, 5.41) is 9.01. The minimum absolute atomic E-state index is 0.119. The van der Waals surface area contributed by atoms with Crippen molar-refractivity contribution in [2.24, 2.45) is 7.05 Å². The molecule has 1 N–H and O–H groups in total. The zero-order chi connectivity index (χ0) is 11.5. The van der Waals surface area contributed by atoms with Gasteiger partial charge in [0.25, 0.3) is 0 Å². The van der Waals surface area contributed by atoms with Gasteiger partial charge in [-0.15, -0.1) is 0 Å². The van der Waals surface area contributed by atoms with E-state index >= 15 is 0 Å². The number of carbonyl (C=O) groups excluding carboxylic acids is 1. The summed E-state index contributed by atoms with van der Waals surface area (Å²) >= 11 is 0. The first-order chi connectivity index (χ1) is 7.74. The van der Waals surface area contributed by atoms with Crippen LogP contribution in [0.1, 0.15) is 21.9 Å². The first-order valence-corrected chi connectivity index (χ1v) is 4.95. The number of hydrogen-bond acceptors (Lipinski definition) is 3. The van der Waals surface area contributed by atoms with Crippen LogP contribution in [0.5, 0.6) is 0 Å². The molecule has 0 spiro atoms.